The van der Waals surface area contributed by atoms with Crippen molar-refractivity contribution in [1.82, 2.24) is 10.6 Å². The SMILES string of the molecule is CCCCOC(=O)N[C@@H](C)C(OC(=O)NC(C)C)c1ccc(Cl)cc1. The molecular formula is C18H27ClN2O4. The van der Waals surface area contributed by atoms with Crippen LogP contribution in [0.25, 0.3) is 0 Å². The Morgan fingerprint density at radius 2 is 1.72 bits per heavy atom. The summed E-state index contributed by atoms with van der Waals surface area (Å²) in [6.07, 6.45) is -0.0183. The van der Waals surface area contributed by atoms with E-state index in [0.717, 1.165) is 18.4 Å². The molecule has 0 saturated carbocycles. The van der Waals surface area contributed by atoms with E-state index in [9.17, 15) is 9.59 Å². The zero-order valence-corrected chi connectivity index (χ0v) is 15.9. The zero-order valence-electron chi connectivity index (χ0n) is 15.2. The number of halogens is 1. The van der Waals surface area contributed by atoms with Gasteiger partial charge in [0.25, 0.3) is 0 Å². The van der Waals surface area contributed by atoms with Gasteiger partial charge in [-0.2, -0.15) is 0 Å². The van der Waals surface area contributed by atoms with E-state index in [2.05, 4.69) is 10.6 Å². The lowest BCUT2D eigenvalue weighted by molar-refractivity contribution is 0.0705. The van der Waals surface area contributed by atoms with Gasteiger partial charge in [0.2, 0.25) is 0 Å². The summed E-state index contributed by atoms with van der Waals surface area (Å²) in [6.45, 7) is 7.80. The van der Waals surface area contributed by atoms with Crippen LogP contribution in [0.5, 0.6) is 0 Å². The molecule has 0 saturated heterocycles. The Labute approximate surface area is 154 Å². The van der Waals surface area contributed by atoms with Crippen LogP contribution < -0.4 is 10.6 Å². The number of unbranched alkanes of at least 4 members (excludes halogenated alkanes) is 1. The van der Waals surface area contributed by atoms with E-state index in [0.29, 0.717) is 11.6 Å². The van der Waals surface area contributed by atoms with Gasteiger partial charge in [-0.15, -0.1) is 0 Å². The molecule has 0 spiro atoms. The van der Waals surface area contributed by atoms with Crippen LogP contribution in [0.4, 0.5) is 9.59 Å². The molecule has 25 heavy (non-hydrogen) atoms. The van der Waals surface area contributed by atoms with Crippen molar-refractivity contribution in [1.29, 1.82) is 0 Å². The number of hydrogen-bond donors (Lipinski definition) is 2. The van der Waals surface area contributed by atoms with Crippen LogP contribution in [0.1, 0.15) is 52.2 Å². The third-order valence-electron chi connectivity index (χ3n) is 3.37. The van der Waals surface area contributed by atoms with Gasteiger partial charge in [-0.1, -0.05) is 37.1 Å². The van der Waals surface area contributed by atoms with E-state index >= 15 is 0 Å². The van der Waals surface area contributed by atoms with E-state index in [4.69, 9.17) is 21.1 Å². The van der Waals surface area contributed by atoms with Crippen molar-refractivity contribution in [3.8, 4) is 0 Å². The maximum Gasteiger partial charge on any atom is 0.408 e. The van der Waals surface area contributed by atoms with E-state index in [1.807, 2.05) is 20.8 Å². The summed E-state index contributed by atoms with van der Waals surface area (Å²) in [4.78, 5) is 23.9. The number of amides is 2. The summed E-state index contributed by atoms with van der Waals surface area (Å²) >= 11 is 5.92. The summed E-state index contributed by atoms with van der Waals surface area (Å²) in [5.41, 5.74) is 0.727. The smallest absolute Gasteiger partial charge is 0.408 e. The summed E-state index contributed by atoms with van der Waals surface area (Å²) in [5, 5.41) is 5.96. The first-order valence-corrected chi connectivity index (χ1v) is 8.87. The first-order chi connectivity index (χ1) is 11.8. The predicted molar refractivity (Wildman–Crippen MR) is 97.8 cm³/mol. The van der Waals surface area contributed by atoms with Crippen LogP contribution in [0.3, 0.4) is 0 Å². The summed E-state index contributed by atoms with van der Waals surface area (Å²) < 4.78 is 10.6. The lowest BCUT2D eigenvalue weighted by atomic mass is 10.0. The average Bonchev–Trinajstić information content (AvgIpc) is 2.53. The second-order valence-corrected chi connectivity index (χ2v) is 6.54. The summed E-state index contributed by atoms with van der Waals surface area (Å²) in [5.74, 6) is 0. The Hall–Kier alpha value is -1.95. The number of benzene rings is 1. The van der Waals surface area contributed by atoms with Gasteiger partial charge < -0.3 is 20.1 Å². The fourth-order valence-electron chi connectivity index (χ4n) is 2.11. The Bertz CT molecular complexity index is 549. The van der Waals surface area contributed by atoms with Crippen molar-refractivity contribution in [3.05, 3.63) is 34.9 Å². The molecule has 6 nitrogen and oxygen atoms in total. The highest BCUT2D eigenvalue weighted by molar-refractivity contribution is 6.30. The van der Waals surface area contributed by atoms with E-state index in [1.165, 1.54) is 0 Å². The van der Waals surface area contributed by atoms with Crippen molar-refractivity contribution < 1.29 is 19.1 Å². The Morgan fingerprint density at radius 3 is 2.28 bits per heavy atom. The molecule has 0 aliphatic rings. The van der Waals surface area contributed by atoms with E-state index in [-0.39, 0.29) is 6.04 Å². The predicted octanol–water partition coefficient (Wildman–Crippen LogP) is 4.43. The van der Waals surface area contributed by atoms with Gasteiger partial charge in [-0.25, -0.2) is 9.59 Å². The molecule has 2 N–H and O–H groups in total. The molecule has 0 heterocycles. The minimum Gasteiger partial charge on any atom is -0.450 e. The highest BCUT2D eigenvalue weighted by Gasteiger charge is 2.26. The first-order valence-electron chi connectivity index (χ1n) is 8.49. The second-order valence-electron chi connectivity index (χ2n) is 6.10. The van der Waals surface area contributed by atoms with Crippen molar-refractivity contribution in [3.63, 3.8) is 0 Å². The van der Waals surface area contributed by atoms with Gasteiger partial charge in [-0.05, 0) is 44.9 Å². The Kier molecular flexibility index (Phi) is 9.13. The van der Waals surface area contributed by atoms with Crippen LogP contribution >= 0.6 is 11.6 Å². The van der Waals surface area contributed by atoms with Gasteiger partial charge in [0.1, 0.15) is 6.10 Å². The van der Waals surface area contributed by atoms with E-state index in [1.54, 1.807) is 31.2 Å². The monoisotopic (exact) mass is 370 g/mol. The van der Waals surface area contributed by atoms with Gasteiger partial charge in [0, 0.05) is 11.1 Å². The van der Waals surface area contributed by atoms with Gasteiger partial charge in [0.05, 0.1) is 12.6 Å². The van der Waals surface area contributed by atoms with Crippen LogP contribution in [0.15, 0.2) is 24.3 Å². The molecule has 2 amide bonds. The molecule has 0 aliphatic carbocycles. The number of nitrogens with one attached hydrogen (secondary N) is 2. The summed E-state index contributed by atoms with van der Waals surface area (Å²) in [7, 11) is 0. The molecule has 0 aliphatic heterocycles. The highest BCUT2D eigenvalue weighted by Crippen LogP contribution is 2.23. The van der Waals surface area contributed by atoms with Crippen molar-refractivity contribution in [2.24, 2.45) is 0 Å². The maximum absolute atomic E-state index is 12.0. The molecule has 1 unspecified atom stereocenters. The van der Waals surface area contributed by atoms with Gasteiger partial charge in [-0.3, -0.25) is 0 Å². The van der Waals surface area contributed by atoms with Crippen LogP contribution in [0, 0.1) is 0 Å². The Morgan fingerprint density at radius 1 is 1.08 bits per heavy atom. The fraction of sp³-hybridized carbons (Fsp3) is 0.556. The maximum atomic E-state index is 12.0. The number of carbonyl (C=O) groups excluding carboxylic acids is 2. The Balaban J connectivity index is 2.80. The number of hydrogen-bond acceptors (Lipinski definition) is 4. The topological polar surface area (TPSA) is 76.7 Å². The summed E-state index contributed by atoms with van der Waals surface area (Å²) in [6, 6.07) is 6.40. The number of rotatable bonds is 8. The molecule has 7 heteroatoms. The quantitative estimate of drug-likeness (QED) is 0.663. The molecule has 1 aromatic carbocycles. The number of ether oxygens (including phenoxy) is 2. The van der Waals surface area contributed by atoms with Crippen LogP contribution in [0.2, 0.25) is 5.02 Å². The third kappa shape index (κ3) is 8.12. The molecule has 1 aromatic rings. The van der Waals surface area contributed by atoms with Crippen LogP contribution in [-0.2, 0) is 9.47 Å². The molecule has 0 radical (unpaired) electrons. The van der Waals surface area contributed by atoms with Crippen molar-refractivity contribution in [2.75, 3.05) is 6.61 Å². The second kappa shape index (κ2) is 10.8. The molecule has 0 aromatic heterocycles. The molecule has 140 valence electrons. The molecule has 0 bridgehead atoms. The highest BCUT2D eigenvalue weighted by atomic mass is 35.5. The molecular weight excluding hydrogens is 344 g/mol. The minimum atomic E-state index is -0.672. The third-order valence-corrected chi connectivity index (χ3v) is 3.62. The molecule has 2 atom stereocenters. The van der Waals surface area contributed by atoms with Crippen molar-refractivity contribution >= 4 is 23.8 Å². The first kappa shape index (κ1) is 21.1. The standard InChI is InChI=1S/C18H27ClN2O4/c1-5-6-11-24-17(22)21-13(4)16(25-18(23)20-12(2)3)14-7-9-15(19)10-8-14/h7-10,12-13,16H,5-6,11H2,1-4H3,(H,20,23)(H,21,22)/t13-,16?/m0/s1. The lowest BCUT2D eigenvalue weighted by Gasteiger charge is -2.26. The van der Waals surface area contributed by atoms with E-state index < -0.39 is 24.3 Å². The molecule has 0 fully saturated rings. The minimum absolute atomic E-state index is 0.0550. The normalized spacial score (nSPS) is 13.0. The fourth-order valence-corrected chi connectivity index (χ4v) is 2.23. The number of alkyl carbamates (subject to hydrolysis) is 2. The zero-order chi connectivity index (χ0) is 18.8. The van der Waals surface area contributed by atoms with Crippen molar-refractivity contribution in [2.45, 2.75) is 58.7 Å². The van der Waals surface area contributed by atoms with Gasteiger partial charge in [0.15, 0.2) is 0 Å². The van der Waals surface area contributed by atoms with Crippen LogP contribution in [-0.4, -0.2) is 30.9 Å². The van der Waals surface area contributed by atoms with Gasteiger partial charge >= 0.3 is 12.2 Å². The molecule has 1 rings (SSSR count). The number of carbonyl (C=O) groups is 2. The average molecular weight is 371 g/mol. The lowest BCUT2D eigenvalue weighted by Crippen LogP contribution is -2.41. The largest absolute Gasteiger partial charge is 0.450 e.